The van der Waals surface area contributed by atoms with Crippen LogP contribution in [0.25, 0.3) is 0 Å². The molecule has 3 N–H and O–H groups in total. The number of halogens is 1. The molecular formula is C15H14FNO3. The molecule has 104 valence electrons. The maximum absolute atomic E-state index is 13.1. The van der Waals surface area contributed by atoms with Gasteiger partial charge in [-0.25, -0.2) is 4.39 Å². The van der Waals surface area contributed by atoms with Gasteiger partial charge in [-0.05, 0) is 29.3 Å². The molecule has 0 bridgehead atoms. The van der Waals surface area contributed by atoms with Gasteiger partial charge in [-0.1, -0.05) is 24.3 Å². The first-order chi connectivity index (χ1) is 9.60. The Labute approximate surface area is 115 Å². The summed E-state index contributed by atoms with van der Waals surface area (Å²) in [7, 11) is 0. The second-order valence-corrected chi connectivity index (χ2v) is 4.32. The average molecular weight is 275 g/mol. The standard InChI is InChI=1S/C15H14FNO3/c16-12-4-5-14(19)13(7-12)15(20)17-8-10-2-1-3-11(6-10)9-18/h1-7,18-19H,8-9H2,(H,17,20). The Balaban J connectivity index is 2.06. The van der Waals surface area contributed by atoms with Crippen molar-refractivity contribution in [1.29, 1.82) is 0 Å². The van der Waals surface area contributed by atoms with Crippen LogP contribution in [0.1, 0.15) is 21.5 Å². The van der Waals surface area contributed by atoms with Crippen LogP contribution in [0.5, 0.6) is 5.75 Å². The van der Waals surface area contributed by atoms with Crippen LogP contribution >= 0.6 is 0 Å². The number of aliphatic hydroxyl groups is 1. The van der Waals surface area contributed by atoms with Crippen LogP contribution in [0.3, 0.4) is 0 Å². The van der Waals surface area contributed by atoms with Gasteiger partial charge in [-0.2, -0.15) is 0 Å². The zero-order valence-electron chi connectivity index (χ0n) is 10.6. The highest BCUT2D eigenvalue weighted by atomic mass is 19.1. The molecule has 0 saturated carbocycles. The zero-order valence-corrected chi connectivity index (χ0v) is 10.6. The van der Waals surface area contributed by atoms with Crippen molar-refractivity contribution in [2.24, 2.45) is 0 Å². The minimum atomic E-state index is -0.588. The summed E-state index contributed by atoms with van der Waals surface area (Å²) in [4.78, 5) is 11.9. The third kappa shape index (κ3) is 3.33. The number of phenolic OH excluding ortho intramolecular Hbond substituents is 1. The van der Waals surface area contributed by atoms with Gasteiger partial charge >= 0.3 is 0 Å². The van der Waals surface area contributed by atoms with Crippen molar-refractivity contribution in [3.63, 3.8) is 0 Å². The maximum Gasteiger partial charge on any atom is 0.255 e. The molecule has 0 aliphatic rings. The molecule has 20 heavy (non-hydrogen) atoms. The van der Waals surface area contributed by atoms with Crippen molar-refractivity contribution in [1.82, 2.24) is 5.32 Å². The lowest BCUT2D eigenvalue weighted by Crippen LogP contribution is -2.23. The third-order valence-corrected chi connectivity index (χ3v) is 2.83. The highest BCUT2D eigenvalue weighted by molar-refractivity contribution is 5.96. The maximum atomic E-state index is 13.1. The van der Waals surface area contributed by atoms with E-state index in [1.807, 2.05) is 0 Å². The fourth-order valence-electron chi connectivity index (χ4n) is 1.81. The monoisotopic (exact) mass is 275 g/mol. The molecule has 5 heteroatoms. The molecule has 0 heterocycles. The number of hydrogen-bond donors (Lipinski definition) is 3. The normalized spacial score (nSPS) is 10.3. The van der Waals surface area contributed by atoms with E-state index in [2.05, 4.69) is 5.32 Å². The van der Waals surface area contributed by atoms with E-state index in [0.29, 0.717) is 0 Å². The molecular weight excluding hydrogens is 261 g/mol. The molecule has 0 aliphatic carbocycles. The van der Waals surface area contributed by atoms with Gasteiger partial charge in [-0.3, -0.25) is 4.79 Å². The topological polar surface area (TPSA) is 69.6 Å². The summed E-state index contributed by atoms with van der Waals surface area (Å²) in [5.74, 6) is -1.42. The quantitative estimate of drug-likeness (QED) is 0.798. The van der Waals surface area contributed by atoms with Crippen LogP contribution in [0.4, 0.5) is 4.39 Å². The number of nitrogens with one attached hydrogen (secondary N) is 1. The minimum Gasteiger partial charge on any atom is -0.507 e. The largest absolute Gasteiger partial charge is 0.507 e. The lowest BCUT2D eigenvalue weighted by Gasteiger charge is -2.08. The first kappa shape index (κ1) is 14.0. The number of hydrogen-bond acceptors (Lipinski definition) is 3. The van der Waals surface area contributed by atoms with Crippen LogP contribution in [-0.2, 0) is 13.2 Å². The Hall–Kier alpha value is -2.40. The van der Waals surface area contributed by atoms with Crippen molar-refractivity contribution < 1.29 is 19.4 Å². The Morgan fingerprint density at radius 1 is 1.15 bits per heavy atom. The highest BCUT2D eigenvalue weighted by Crippen LogP contribution is 2.17. The van der Waals surface area contributed by atoms with E-state index in [1.165, 1.54) is 0 Å². The van der Waals surface area contributed by atoms with Gasteiger partial charge in [0.2, 0.25) is 0 Å². The van der Waals surface area contributed by atoms with Gasteiger partial charge in [-0.15, -0.1) is 0 Å². The molecule has 0 aliphatic heterocycles. The molecule has 2 rings (SSSR count). The van der Waals surface area contributed by atoms with E-state index in [-0.39, 0.29) is 24.5 Å². The van der Waals surface area contributed by atoms with Crippen molar-refractivity contribution in [2.75, 3.05) is 0 Å². The second kappa shape index (κ2) is 6.16. The fraction of sp³-hybridized carbons (Fsp3) is 0.133. The number of benzene rings is 2. The molecule has 4 nitrogen and oxygen atoms in total. The van der Waals surface area contributed by atoms with Gasteiger partial charge < -0.3 is 15.5 Å². The number of aromatic hydroxyl groups is 1. The zero-order chi connectivity index (χ0) is 14.5. The summed E-state index contributed by atoms with van der Waals surface area (Å²) in [5.41, 5.74) is 1.44. The molecule has 2 aromatic carbocycles. The van der Waals surface area contributed by atoms with E-state index in [4.69, 9.17) is 5.11 Å². The Kier molecular flexibility index (Phi) is 4.32. The molecule has 0 atom stereocenters. The summed E-state index contributed by atoms with van der Waals surface area (Å²) in [6.45, 7) is 0.148. The molecule has 0 unspecified atom stereocenters. The summed E-state index contributed by atoms with van der Waals surface area (Å²) < 4.78 is 13.1. The molecule has 1 amide bonds. The predicted molar refractivity (Wildman–Crippen MR) is 71.6 cm³/mol. The molecule has 0 saturated heterocycles. The predicted octanol–water partition coefficient (Wildman–Crippen LogP) is 1.95. The van der Waals surface area contributed by atoms with Gasteiger partial charge in [0, 0.05) is 6.54 Å². The van der Waals surface area contributed by atoms with E-state index in [1.54, 1.807) is 24.3 Å². The van der Waals surface area contributed by atoms with E-state index < -0.39 is 11.7 Å². The molecule has 0 aromatic heterocycles. The fourth-order valence-corrected chi connectivity index (χ4v) is 1.81. The lowest BCUT2D eigenvalue weighted by atomic mass is 10.1. The number of amides is 1. The van der Waals surface area contributed by atoms with Crippen LogP contribution in [0.15, 0.2) is 42.5 Å². The van der Waals surface area contributed by atoms with E-state index in [9.17, 15) is 14.3 Å². The number of carbonyl (C=O) groups is 1. The van der Waals surface area contributed by atoms with Crippen molar-refractivity contribution in [2.45, 2.75) is 13.2 Å². The molecule has 2 aromatic rings. The molecule has 0 radical (unpaired) electrons. The highest BCUT2D eigenvalue weighted by Gasteiger charge is 2.11. The number of rotatable bonds is 4. The van der Waals surface area contributed by atoms with Gasteiger partial charge in [0.25, 0.3) is 5.91 Å². The third-order valence-electron chi connectivity index (χ3n) is 2.83. The van der Waals surface area contributed by atoms with Crippen molar-refractivity contribution in [3.05, 3.63) is 65.0 Å². The first-order valence-electron chi connectivity index (χ1n) is 6.05. The van der Waals surface area contributed by atoms with Crippen LogP contribution < -0.4 is 5.32 Å². The molecule has 0 fully saturated rings. The first-order valence-corrected chi connectivity index (χ1v) is 6.05. The average Bonchev–Trinajstić information content (AvgIpc) is 2.47. The van der Waals surface area contributed by atoms with Crippen molar-refractivity contribution in [3.8, 4) is 5.75 Å². The van der Waals surface area contributed by atoms with Crippen LogP contribution in [0.2, 0.25) is 0 Å². The van der Waals surface area contributed by atoms with Crippen molar-refractivity contribution >= 4 is 5.91 Å². The number of phenols is 1. The smallest absolute Gasteiger partial charge is 0.255 e. The van der Waals surface area contributed by atoms with E-state index >= 15 is 0 Å². The van der Waals surface area contributed by atoms with Crippen LogP contribution in [-0.4, -0.2) is 16.1 Å². The Morgan fingerprint density at radius 3 is 2.65 bits per heavy atom. The summed E-state index contributed by atoms with van der Waals surface area (Å²) >= 11 is 0. The van der Waals surface area contributed by atoms with Crippen LogP contribution in [0, 0.1) is 5.82 Å². The van der Waals surface area contributed by atoms with Gasteiger partial charge in [0.1, 0.15) is 11.6 Å². The summed E-state index contributed by atoms with van der Waals surface area (Å²) in [6, 6.07) is 10.3. The second-order valence-electron chi connectivity index (χ2n) is 4.32. The SMILES string of the molecule is O=C(NCc1cccc(CO)c1)c1cc(F)ccc1O. The Bertz CT molecular complexity index is 628. The number of carbonyl (C=O) groups excluding carboxylic acids is 1. The lowest BCUT2D eigenvalue weighted by molar-refractivity contribution is 0.0947. The van der Waals surface area contributed by atoms with Gasteiger partial charge in [0.05, 0.1) is 12.2 Å². The Morgan fingerprint density at radius 2 is 1.90 bits per heavy atom. The molecule has 0 spiro atoms. The van der Waals surface area contributed by atoms with E-state index in [0.717, 1.165) is 29.3 Å². The minimum absolute atomic E-state index is 0.0769. The summed E-state index contributed by atoms with van der Waals surface area (Å²) in [6.07, 6.45) is 0. The number of aliphatic hydroxyl groups excluding tert-OH is 1. The van der Waals surface area contributed by atoms with Gasteiger partial charge in [0.15, 0.2) is 0 Å². The summed E-state index contributed by atoms with van der Waals surface area (Å²) in [5, 5.41) is 21.1.